The van der Waals surface area contributed by atoms with E-state index in [-0.39, 0.29) is 22.8 Å². The van der Waals surface area contributed by atoms with Crippen molar-refractivity contribution in [3.63, 3.8) is 0 Å². The third kappa shape index (κ3) is 5.07. The first-order valence-corrected chi connectivity index (χ1v) is 12.8. The van der Waals surface area contributed by atoms with Crippen LogP contribution in [-0.2, 0) is 19.1 Å². The predicted molar refractivity (Wildman–Crippen MR) is 135 cm³/mol. The van der Waals surface area contributed by atoms with Gasteiger partial charge in [-0.1, -0.05) is 34.6 Å². The van der Waals surface area contributed by atoms with Crippen molar-refractivity contribution >= 4 is 17.5 Å². The van der Waals surface area contributed by atoms with E-state index in [2.05, 4.69) is 0 Å². The number of esters is 1. The number of carbonyl (C=O) groups is 3. The van der Waals surface area contributed by atoms with E-state index in [1.54, 1.807) is 55.4 Å². The van der Waals surface area contributed by atoms with Crippen LogP contribution in [0.1, 0.15) is 83.5 Å². The van der Waals surface area contributed by atoms with Gasteiger partial charge in [-0.2, -0.15) is 0 Å². The van der Waals surface area contributed by atoms with E-state index < -0.39 is 59.3 Å². The highest BCUT2D eigenvalue weighted by Crippen LogP contribution is 2.42. The number of aliphatic hydroxyl groups is 2. The lowest BCUT2D eigenvalue weighted by molar-refractivity contribution is -0.190. The first-order chi connectivity index (χ1) is 16.5. The molecule has 202 valence electrons. The smallest absolute Gasteiger partial charge is 0.311 e. The number of carbonyl (C=O) groups excluding carboxylic acids is 3. The normalized spacial score (nSPS) is 29.8. The molecule has 36 heavy (non-hydrogen) atoms. The van der Waals surface area contributed by atoms with Crippen LogP contribution in [0.2, 0.25) is 0 Å². The molecule has 0 radical (unpaired) electrons. The summed E-state index contributed by atoms with van der Waals surface area (Å²) in [6, 6.07) is 0. The summed E-state index contributed by atoms with van der Waals surface area (Å²) < 4.78 is 11.5. The van der Waals surface area contributed by atoms with E-state index in [4.69, 9.17) is 9.15 Å². The third-order valence-electron chi connectivity index (χ3n) is 8.73. The van der Waals surface area contributed by atoms with Gasteiger partial charge >= 0.3 is 5.97 Å². The molecule has 1 aliphatic carbocycles. The van der Waals surface area contributed by atoms with Crippen LogP contribution < -0.4 is 5.43 Å². The van der Waals surface area contributed by atoms with Gasteiger partial charge in [-0.25, -0.2) is 0 Å². The fourth-order valence-corrected chi connectivity index (χ4v) is 5.54. The van der Waals surface area contributed by atoms with E-state index in [0.717, 1.165) is 0 Å². The van der Waals surface area contributed by atoms with Crippen LogP contribution >= 0.6 is 0 Å². The second-order valence-corrected chi connectivity index (χ2v) is 10.7. The van der Waals surface area contributed by atoms with Gasteiger partial charge in [0, 0.05) is 28.9 Å². The Hall–Kier alpha value is -2.32. The quantitative estimate of drug-likeness (QED) is 0.513. The largest absolute Gasteiger partial charge is 0.465 e. The minimum Gasteiger partial charge on any atom is -0.465 e. The highest BCUT2D eigenvalue weighted by molar-refractivity contribution is 5.88. The third-order valence-corrected chi connectivity index (χ3v) is 8.73. The Morgan fingerprint density at radius 2 is 1.58 bits per heavy atom. The first-order valence-electron chi connectivity index (χ1n) is 12.8. The van der Waals surface area contributed by atoms with Crippen molar-refractivity contribution in [2.75, 3.05) is 0 Å². The van der Waals surface area contributed by atoms with Crippen LogP contribution in [0, 0.1) is 50.4 Å². The Labute approximate surface area is 213 Å². The lowest BCUT2D eigenvalue weighted by atomic mass is 9.63. The van der Waals surface area contributed by atoms with Crippen molar-refractivity contribution in [1.29, 1.82) is 0 Å². The number of hydrogen-bond acceptors (Lipinski definition) is 8. The van der Waals surface area contributed by atoms with Crippen LogP contribution in [-0.4, -0.2) is 45.6 Å². The number of aryl methyl sites for hydroxylation is 1. The van der Waals surface area contributed by atoms with Crippen LogP contribution in [0.15, 0.2) is 9.21 Å². The molecule has 1 aromatic rings. The molecule has 0 amide bonds. The Balaban J connectivity index is 2.20. The van der Waals surface area contributed by atoms with Crippen molar-refractivity contribution in [3.8, 4) is 0 Å². The van der Waals surface area contributed by atoms with Gasteiger partial charge in [0.15, 0.2) is 5.43 Å². The summed E-state index contributed by atoms with van der Waals surface area (Å²) in [5.41, 5.74) is -0.668. The van der Waals surface area contributed by atoms with Crippen molar-refractivity contribution < 1.29 is 33.8 Å². The number of hydrogen-bond donors (Lipinski definition) is 2. The van der Waals surface area contributed by atoms with Gasteiger partial charge in [0.2, 0.25) is 0 Å². The lowest BCUT2D eigenvalue weighted by Gasteiger charge is -2.48. The topological polar surface area (TPSA) is 131 Å². The number of ether oxygens (including phenoxy) is 1. The van der Waals surface area contributed by atoms with E-state index in [1.807, 2.05) is 0 Å². The van der Waals surface area contributed by atoms with Gasteiger partial charge in [-0.15, -0.1) is 0 Å². The second kappa shape index (κ2) is 11.0. The van der Waals surface area contributed by atoms with Crippen LogP contribution in [0.5, 0.6) is 0 Å². The van der Waals surface area contributed by atoms with E-state index in [1.165, 1.54) is 13.8 Å². The summed E-state index contributed by atoms with van der Waals surface area (Å²) in [7, 11) is 0. The van der Waals surface area contributed by atoms with Gasteiger partial charge in [0.25, 0.3) is 0 Å². The van der Waals surface area contributed by atoms with Crippen molar-refractivity contribution in [3.05, 3.63) is 32.9 Å². The molecule has 8 heteroatoms. The maximum Gasteiger partial charge on any atom is 0.311 e. The summed E-state index contributed by atoms with van der Waals surface area (Å²) in [6.45, 7) is 16.4. The summed E-state index contributed by atoms with van der Waals surface area (Å²) in [6.07, 6.45) is -1.88. The van der Waals surface area contributed by atoms with Crippen molar-refractivity contribution in [2.24, 2.45) is 29.6 Å². The molecule has 0 bridgehead atoms. The Kier molecular flexibility index (Phi) is 9.11. The maximum atomic E-state index is 13.2. The van der Waals surface area contributed by atoms with Gasteiger partial charge in [-0.05, 0) is 41.0 Å². The molecule has 0 spiro atoms. The van der Waals surface area contributed by atoms with Gasteiger partial charge in [0.05, 0.1) is 29.5 Å². The molecule has 1 aliphatic rings. The number of Topliss-reactive ketones (excluding diaryl/α,β-unsaturated/α-hetero) is 2. The predicted octanol–water partition coefficient (Wildman–Crippen LogP) is 3.41. The highest BCUT2D eigenvalue weighted by atomic mass is 16.5. The van der Waals surface area contributed by atoms with E-state index >= 15 is 0 Å². The molecule has 0 aliphatic heterocycles. The summed E-state index contributed by atoms with van der Waals surface area (Å²) >= 11 is 0. The number of aliphatic hydroxyl groups excluding tert-OH is 1. The zero-order valence-electron chi connectivity index (χ0n) is 23.2. The summed E-state index contributed by atoms with van der Waals surface area (Å²) in [4.78, 5) is 51.5. The number of ketones is 2. The molecule has 0 aromatic carbocycles. The molecule has 0 saturated heterocycles. The zero-order valence-corrected chi connectivity index (χ0v) is 23.2. The van der Waals surface area contributed by atoms with Gasteiger partial charge in [-0.3, -0.25) is 19.2 Å². The van der Waals surface area contributed by atoms with Crippen LogP contribution in [0.3, 0.4) is 0 Å². The first kappa shape index (κ1) is 29.9. The molecule has 8 nitrogen and oxygen atoms in total. The van der Waals surface area contributed by atoms with Crippen LogP contribution in [0.25, 0.3) is 0 Å². The second-order valence-electron chi connectivity index (χ2n) is 10.7. The Morgan fingerprint density at radius 3 is 2.11 bits per heavy atom. The fraction of sp³-hybridized carbons (Fsp3) is 0.714. The number of rotatable bonds is 8. The average Bonchev–Trinajstić information content (AvgIpc) is 2.87. The SMILES string of the molecule is CCC1(O)C(C)C(=O)C(C)C(OC(=O)C(C)C(O)C(C)C(=O)C(C)c2oc(C)c(C)c(=O)c2C)C1C. The lowest BCUT2D eigenvalue weighted by Crippen LogP contribution is -2.60. The average molecular weight is 507 g/mol. The molecule has 9 atom stereocenters. The Bertz CT molecular complexity index is 1070. The molecule has 1 fully saturated rings. The molecule has 9 unspecified atom stereocenters. The fourth-order valence-electron chi connectivity index (χ4n) is 5.54. The van der Waals surface area contributed by atoms with E-state index in [0.29, 0.717) is 23.3 Å². The zero-order chi connectivity index (χ0) is 27.9. The molecule has 1 aromatic heterocycles. The van der Waals surface area contributed by atoms with E-state index in [9.17, 15) is 29.4 Å². The maximum absolute atomic E-state index is 13.2. The molecule has 2 rings (SSSR count). The van der Waals surface area contributed by atoms with Gasteiger partial charge < -0.3 is 19.4 Å². The van der Waals surface area contributed by atoms with Gasteiger partial charge in [0.1, 0.15) is 29.2 Å². The summed E-state index contributed by atoms with van der Waals surface area (Å²) in [5, 5.41) is 22.0. The molecular weight excluding hydrogens is 464 g/mol. The van der Waals surface area contributed by atoms with Crippen LogP contribution in [0.4, 0.5) is 0 Å². The standard InChI is InChI=1S/C28H42O8/c1-11-28(34)18(8)24(32)16(6)26(19(28)9)36-27(33)17(7)23(31)13(3)22(30)15(5)25-14(4)21(29)12(2)20(10)35-25/h13,15-19,23,26,31,34H,11H2,1-10H3. The highest BCUT2D eigenvalue weighted by Gasteiger charge is 2.54. The van der Waals surface area contributed by atoms with Crippen molar-refractivity contribution in [1.82, 2.24) is 0 Å². The monoisotopic (exact) mass is 506 g/mol. The minimum atomic E-state index is -1.36. The molecule has 2 N–H and O–H groups in total. The summed E-state index contributed by atoms with van der Waals surface area (Å²) in [5.74, 6) is -5.12. The molecule has 1 heterocycles. The van der Waals surface area contributed by atoms with Crippen molar-refractivity contribution in [2.45, 2.75) is 99.4 Å². The Morgan fingerprint density at radius 1 is 1.03 bits per heavy atom. The minimum absolute atomic E-state index is 0.175. The molecular formula is C28H42O8. The molecule has 1 saturated carbocycles.